The van der Waals surface area contributed by atoms with Crippen molar-refractivity contribution in [1.29, 1.82) is 0 Å². The number of nitrogens with zero attached hydrogens (tertiary/aromatic N) is 1. The van der Waals surface area contributed by atoms with E-state index in [0.717, 1.165) is 11.0 Å². The minimum Gasteiger partial charge on any atom is -0.493 e. The van der Waals surface area contributed by atoms with Crippen molar-refractivity contribution < 1.29 is 23.5 Å². The van der Waals surface area contributed by atoms with Gasteiger partial charge in [0.15, 0.2) is 16.6 Å². The number of anilines is 1. The number of benzene rings is 2. The van der Waals surface area contributed by atoms with Gasteiger partial charge in [0, 0.05) is 0 Å². The first-order valence-corrected chi connectivity index (χ1v) is 8.73. The van der Waals surface area contributed by atoms with Gasteiger partial charge in [0.25, 0.3) is 11.8 Å². The number of ether oxygens (including phenoxy) is 2. The van der Waals surface area contributed by atoms with Crippen LogP contribution in [-0.2, 0) is 9.59 Å². The number of hydrogen-bond acceptors (Lipinski definition) is 5. The molecule has 0 radical (unpaired) electrons. The number of methoxy groups -OCH3 is 2. The number of hydrogen-bond donors (Lipinski definition) is 1. The van der Waals surface area contributed by atoms with Gasteiger partial charge in [-0.05, 0) is 54.2 Å². The molecule has 0 atom stereocenters. The van der Waals surface area contributed by atoms with Crippen LogP contribution in [0.5, 0.6) is 11.5 Å². The van der Waals surface area contributed by atoms with Gasteiger partial charge in [-0.1, -0.05) is 17.7 Å². The van der Waals surface area contributed by atoms with E-state index in [4.69, 9.17) is 33.3 Å². The predicted octanol–water partition coefficient (Wildman–Crippen LogP) is 3.33. The Morgan fingerprint density at radius 2 is 1.93 bits per heavy atom. The molecule has 1 aliphatic rings. The van der Waals surface area contributed by atoms with E-state index < -0.39 is 17.6 Å². The average Bonchev–Trinajstić information content (AvgIpc) is 2.64. The van der Waals surface area contributed by atoms with Gasteiger partial charge in [-0.3, -0.25) is 19.8 Å². The lowest BCUT2D eigenvalue weighted by Crippen LogP contribution is -2.54. The molecular formula is C19H14ClFN2O4S. The van der Waals surface area contributed by atoms with Crippen LogP contribution in [0.4, 0.5) is 10.1 Å². The first-order chi connectivity index (χ1) is 13.3. The molecule has 1 N–H and O–H groups in total. The molecule has 1 heterocycles. The molecule has 0 unspecified atom stereocenters. The molecule has 1 saturated heterocycles. The summed E-state index contributed by atoms with van der Waals surface area (Å²) in [7, 11) is 2.88. The van der Waals surface area contributed by atoms with Gasteiger partial charge >= 0.3 is 0 Å². The van der Waals surface area contributed by atoms with Gasteiger partial charge in [0.2, 0.25) is 0 Å². The molecule has 2 amide bonds. The van der Waals surface area contributed by atoms with Crippen LogP contribution < -0.4 is 19.7 Å². The van der Waals surface area contributed by atoms with Crippen LogP contribution >= 0.6 is 23.8 Å². The fourth-order valence-corrected chi connectivity index (χ4v) is 3.27. The van der Waals surface area contributed by atoms with Crippen LogP contribution in [0.2, 0.25) is 5.02 Å². The fourth-order valence-electron chi connectivity index (χ4n) is 2.70. The second-order valence-corrected chi connectivity index (χ2v) is 6.47. The zero-order valence-corrected chi connectivity index (χ0v) is 16.4. The molecule has 9 heteroatoms. The van der Waals surface area contributed by atoms with Gasteiger partial charge < -0.3 is 9.47 Å². The van der Waals surface area contributed by atoms with E-state index in [-0.39, 0.29) is 21.4 Å². The number of rotatable bonds is 4. The van der Waals surface area contributed by atoms with Crippen LogP contribution in [0.3, 0.4) is 0 Å². The van der Waals surface area contributed by atoms with Crippen molar-refractivity contribution in [3.63, 3.8) is 0 Å². The molecule has 0 aromatic heterocycles. The highest BCUT2D eigenvalue weighted by Crippen LogP contribution is 2.37. The summed E-state index contributed by atoms with van der Waals surface area (Å²) in [5, 5.41) is 2.54. The molecule has 2 aromatic carbocycles. The second-order valence-electron chi connectivity index (χ2n) is 5.68. The van der Waals surface area contributed by atoms with Crippen molar-refractivity contribution in [2.45, 2.75) is 0 Å². The molecule has 0 spiro atoms. The highest BCUT2D eigenvalue weighted by atomic mass is 35.5. The lowest BCUT2D eigenvalue weighted by Gasteiger charge is -2.29. The fraction of sp³-hybridized carbons (Fsp3) is 0.105. The maximum Gasteiger partial charge on any atom is 0.270 e. The molecule has 0 aliphatic carbocycles. The van der Waals surface area contributed by atoms with Gasteiger partial charge in [-0.25, -0.2) is 4.39 Å². The summed E-state index contributed by atoms with van der Waals surface area (Å²) in [4.78, 5) is 26.3. The molecule has 28 heavy (non-hydrogen) atoms. The first kappa shape index (κ1) is 19.8. The topological polar surface area (TPSA) is 67.9 Å². The Hall–Kier alpha value is -2.97. The number of amides is 2. The van der Waals surface area contributed by atoms with Crippen LogP contribution in [0.15, 0.2) is 42.0 Å². The Bertz CT molecular complexity index is 1020. The van der Waals surface area contributed by atoms with E-state index in [1.54, 1.807) is 6.07 Å². The quantitative estimate of drug-likeness (QED) is 0.467. The number of thiocarbonyl (C=S) groups is 1. The summed E-state index contributed by atoms with van der Waals surface area (Å²) >= 11 is 11.3. The molecule has 1 aliphatic heterocycles. The van der Waals surface area contributed by atoms with Crippen molar-refractivity contribution in [3.8, 4) is 11.5 Å². The van der Waals surface area contributed by atoms with E-state index >= 15 is 0 Å². The highest BCUT2D eigenvalue weighted by Gasteiger charge is 2.34. The molecule has 6 nitrogen and oxygen atoms in total. The predicted molar refractivity (Wildman–Crippen MR) is 107 cm³/mol. The van der Waals surface area contributed by atoms with Gasteiger partial charge in [0.05, 0.1) is 24.9 Å². The van der Waals surface area contributed by atoms with E-state index in [0.29, 0.717) is 17.1 Å². The van der Waals surface area contributed by atoms with Crippen molar-refractivity contribution in [1.82, 2.24) is 5.32 Å². The minimum absolute atomic E-state index is 0.136. The van der Waals surface area contributed by atoms with Crippen LogP contribution in [-0.4, -0.2) is 31.1 Å². The third-order valence-corrected chi connectivity index (χ3v) is 4.50. The van der Waals surface area contributed by atoms with Crippen molar-refractivity contribution in [2.75, 3.05) is 19.1 Å². The Balaban J connectivity index is 2.06. The summed E-state index contributed by atoms with van der Waals surface area (Å²) in [6, 6.07) is 8.42. The molecule has 144 valence electrons. The Morgan fingerprint density at radius 3 is 2.57 bits per heavy atom. The van der Waals surface area contributed by atoms with Gasteiger partial charge in [-0.15, -0.1) is 0 Å². The van der Waals surface area contributed by atoms with E-state index in [1.165, 1.54) is 44.6 Å². The maximum absolute atomic E-state index is 13.6. The maximum atomic E-state index is 13.6. The minimum atomic E-state index is -0.690. The van der Waals surface area contributed by atoms with Crippen LogP contribution in [0.25, 0.3) is 6.08 Å². The van der Waals surface area contributed by atoms with Crippen LogP contribution in [0.1, 0.15) is 5.56 Å². The summed E-state index contributed by atoms with van der Waals surface area (Å²) in [5.41, 5.74) is 0.445. The lowest BCUT2D eigenvalue weighted by atomic mass is 10.1. The van der Waals surface area contributed by atoms with Gasteiger partial charge in [-0.2, -0.15) is 0 Å². The molecule has 1 fully saturated rings. The molecule has 2 aromatic rings. The monoisotopic (exact) mass is 420 g/mol. The number of carbonyl (C=O) groups is 2. The Morgan fingerprint density at radius 1 is 1.18 bits per heavy atom. The largest absolute Gasteiger partial charge is 0.493 e. The number of halogens is 2. The molecule has 3 rings (SSSR count). The summed E-state index contributed by atoms with van der Waals surface area (Å²) < 4.78 is 24.0. The van der Waals surface area contributed by atoms with E-state index in [2.05, 4.69) is 5.32 Å². The highest BCUT2D eigenvalue weighted by molar-refractivity contribution is 7.80. The summed E-state index contributed by atoms with van der Waals surface area (Å²) in [5.74, 6) is -1.24. The molecule has 0 bridgehead atoms. The van der Waals surface area contributed by atoms with Crippen molar-refractivity contribution in [3.05, 3.63) is 58.4 Å². The van der Waals surface area contributed by atoms with Gasteiger partial charge in [0.1, 0.15) is 11.4 Å². The zero-order chi connectivity index (χ0) is 20.4. The standard InChI is InChI=1S/C19H14ClFN2O4S/c1-26-15-8-10(7-14(20)16(15)27-2)6-13-17(24)22-19(28)23(18(13)25)12-5-3-4-11(21)9-12/h3-9H,1-2H3,(H,22,24,28)/b13-6+. The Labute approximate surface area is 170 Å². The third kappa shape index (κ3) is 3.69. The SMILES string of the molecule is COc1cc(/C=C2\C(=O)NC(=S)N(c3cccc(F)c3)C2=O)cc(Cl)c1OC. The molecule has 0 saturated carbocycles. The van der Waals surface area contributed by atoms with E-state index in [9.17, 15) is 14.0 Å². The van der Waals surface area contributed by atoms with Crippen molar-refractivity contribution in [2.24, 2.45) is 0 Å². The van der Waals surface area contributed by atoms with Crippen molar-refractivity contribution >= 4 is 52.5 Å². The lowest BCUT2D eigenvalue weighted by molar-refractivity contribution is -0.122. The molecular weight excluding hydrogens is 407 g/mol. The van der Waals surface area contributed by atoms with E-state index in [1.807, 2.05) is 0 Å². The smallest absolute Gasteiger partial charge is 0.270 e. The van der Waals surface area contributed by atoms with Crippen LogP contribution in [0, 0.1) is 5.82 Å². The first-order valence-electron chi connectivity index (χ1n) is 7.94. The second kappa shape index (κ2) is 7.95. The average molecular weight is 421 g/mol. The summed E-state index contributed by atoms with van der Waals surface area (Å²) in [6.45, 7) is 0. The normalized spacial score (nSPS) is 15.6. The number of nitrogens with one attached hydrogen (secondary N) is 1. The Kier molecular flexibility index (Phi) is 5.62. The zero-order valence-electron chi connectivity index (χ0n) is 14.8. The third-order valence-electron chi connectivity index (χ3n) is 3.93. The number of carbonyl (C=O) groups excluding carboxylic acids is 2. The summed E-state index contributed by atoms with van der Waals surface area (Å²) in [6.07, 6.45) is 1.35.